The van der Waals surface area contributed by atoms with Crippen molar-refractivity contribution in [2.45, 2.75) is 0 Å². The highest BCUT2D eigenvalue weighted by Crippen LogP contribution is 2.34. The van der Waals surface area contributed by atoms with Crippen molar-refractivity contribution >= 4 is 34.0 Å². The van der Waals surface area contributed by atoms with Crippen molar-refractivity contribution in [2.75, 3.05) is 12.4 Å². The van der Waals surface area contributed by atoms with E-state index in [0.717, 1.165) is 39.3 Å². The number of halogens is 1. The third-order valence-corrected chi connectivity index (χ3v) is 4.40. The Morgan fingerprint density at radius 3 is 2.48 bits per heavy atom. The van der Waals surface area contributed by atoms with Gasteiger partial charge in [-0.1, -0.05) is 41.9 Å². The fraction of sp³-hybridized carbons (Fsp3) is 0.0500. The van der Waals surface area contributed by atoms with Crippen LogP contribution in [0.1, 0.15) is 0 Å². The van der Waals surface area contributed by atoms with E-state index in [1.807, 2.05) is 60.7 Å². The van der Waals surface area contributed by atoms with Crippen molar-refractivity contribution in [2.24, 2.45) is 0 Å². The molecule has 3 aromatic carbocycles. The summed E-state index contributed by atoms with van der Waals surface area (Å²) in [5, 5.41) is 12.4. The summed E-state index contributed by atoms with van der Waals surface area (Å²) in [4.78, 5) is 0. The molecule has 4 aromatic rings. The molecule has 25 heavy (non-hydrogen) atoms. The average molecular weight is 350 g/mol. The molecule has 124 valence electrons. The van der Waals surface area contributed by atoms with Crippen LogP contribution < -0.4 is 10.1 Å². The number of nitrogens with zero attached hydrogens (tertiary/aromatic N) is 1. The van der Waals surface area contributed by atoms with Crippen LogP contribution in [0.2, 0.25) is 5.02 Å². The number of hydrogen-bond acceptors (Lipinski definition) is 3. The minimum absolute atomic E-state index is 0.693. The summed E-state index contributed by atoms with van der Waals surface area (Å²) >= 11 is 6.46. The predicted octanol–water partition coefficient (Wildman–Crippen LogP) is 5.64. The van der Waals surface area contributed by atoms with E-state index >= 15 is 0 Å². The number of rotatable bonds is 4. The maximum atomic E-state index is 6.46. The van der Waals surface area contributed by atoms with Crippen molar-refractivity contribution in [1.82, 2.24) is 10.2 Å². The second-order valence-corrected chi connectivity index (χ2v) is 6.08. The zero-order valence-electron chi connectivity index (χ0n) is 13.6. The molecular formula is C20H16ClN3O. The third-order valence-electron chi connectivity index (χ3n) is 4.09. The first-order valence-corrected chi connectivity index (χ1v) is 8.26. The van der Waals surface area contributed by atoms with Crippen molar-refractivity contribution in [3.05, 3.63) is 71.8 Å². The lowest BCUT2D eigenvalue weighted by atomic mass is 10.0. The van der Waals surface area contributed by atoms with Crippen LogP contribution in [0.5, 0.6) is 5.75 Å². The first-order valence-electron chi connectivity index (χ1n) is 7.89. The summed E-state index contributed by atoms with van der Waals surface area (Å²) in [6.07, 6.45) is 0. The van der Waals surface area contributed by atoms with Crippen molar-refractivity contribution in [3.63, 3.8) is 0 Å². The van der Waals surface area contributed by atoms with Gasteiger partial charge in [0, 0.05) is 16.6 Å². The number of methoxy groups -OCH3 is 1. The second-order valence-electron chi connectivity index (χ2n) is 5.67. The molecule has 0 unspecified atom stereocenters. The molecule has 1 heterocycles. The Labute approximate surface area is 150 Å². The molecule has 0 amide bonds. The number of aromatic nitrogens is 2. The largest absolute Gasteiger partial charge is 0.497 e. The van der Waals surface area contributed by atoms with Gasteiger partial charge in [-0.15, -0.1) is 0 Å². The van der Waals surface area contributed by atoms with Crippen LogP contribution in [0.15, 0.2) is 66.7 Å². The van der Waals surface area contributed by atoms with Crippen molar-refractivity contribution in [1.29, 1.82) is 0 Å². The van der Waals surface area contributed by atoms with Gasteiger partial charge in [-0.05, 0) is 42.0 Å². The van der Waals surface area contributed by atoms with Crippen molar-refractivity contribution < 1.29 is 4.74 Å². The first-order chi connectivity index (χ1) is 12.2. The van der Waals surface area contributed by atoms with Crippen LogP contribution in [-0.2, 0) is 0 Å². The number of hydrogen-bond donors (Lipinski definition) is 2. The predicted molar refractivity (Wildman–Crippen MR) is 103 cm³/mol. The van der Waals surface area contributed by atoms with Crippen LogP contribution >= 0.6 is 11.6 Å². The Balaban J connectivity index is 1.74. The van der Waals surface area contributed by atoms with Gasteiger partial charge in [0.05, 0.1) is 17.6 Å². The van der Waals surface area contributed by atoms with E-state index < -0.39 is 0 Å². The number of anilines is 2. The molecule has 0 bridgehead atoms. The first kappa shape index (κ1) is 15.5. The SMILES string of the molecule is COc1ccc(Nc2n[nH]c3cc(Cl)c(-c4ccccc4)cc23)cc1. The number of nitrogens with one attached hydrogen (secondary N) is 2. The number of H-pyrrole nitrogens is 1. The molecular weight excluding hydrogens is 334 g/mol. The lowest BCUT2D eigenvalue weighted by Gasteiger charge is -2.07. The summed E-state index contributed by atoms with van der Waals surface area (Å²) in [5.41, 5.74) is 3.88. The van der Waals surface area contributed by atoms with Crippen LogP contribution in [0, 0.1) is 0 Å². The lowest BCUT2D eigenvalue weighted by molar-refractivity contribution is 0.415. The molecule has 0 atom stereocenters. The van der Waals surface area contributed by atoms with E-state index in [9.17, 15) is 0 Å². The van der Waals surface area contributed by atoms with Gasteiger partial charge in [0.1, 0.15) is 5.75 Å². The number of aromatic amines is 1. The summed E-state index contributed by atoms with van der Waals surface area (Å²) in [7, 11) is 1.65. The number of fused-ring (bicyclic) bond motifs is 1. The lowest BCUT2D eigenvalue weighted by Crippen LogP contribution is -1.91. The zero-order valence-corrected chi connectivity index (χ0v) is 14.3. The van der Waals surface area contributed by atoms with Gasteiger partial charge >= 0.3 is 0 Å². The van der Waals surface area contributed by atoms with Crippen LogP contribution in [-0.4, -0.2) is 17.3 Å². The normalized spacial score (nSPS) is 10.8. The van der Waals surface area contributed by atoms with E-state index in [-0.39, 0.29) is 0 Å². The van der Waals surface area contributed by atoms with Gasteiger partial charge in [0.25, 0.3) is 0 Å². The number of ether oxygens (including phenoxy) is 1. The standard InChI is InChI=1S/C20H16ClN3O/c1-25-15-9-7-14(8-10-15)22-20-17-11-16(13-5-3-2-4-6-13)18(21)12-19(17)23-24-20/h2-12H,1H3,(H2,22,23,24). The van der Waals surface area contributed by atoms with Gasteiger partial charge in [0.2, 0.25) is 0 Å². The van der Waals surface area contributed by atoms with E-state index in [2.05, 4.69) is 21.6 Å². The molecule has 5 heteroatoms. The molecule has 0 spiro atoms. The van der Waals surface area contributed by atoms with Crippen molar-refractivity contribution in [3.8, 4) is 16.9 Å². The van der Waals surface area contributed by atoms with Crippen LogP contribution in [0.3, 0.4) is 0 Å². The molecule has 4 rings (SSSR count). The highest BCUT2D eigenvalue weighted by molar-refractivity contribution is 6.34. The van der Waals surface area contributed by atoms with Gasteiger partial charge in [-0.25, -0.2) is 0 Å². The smallest absolute Gasteiger partial charge is 0.160 e. The van der Waals surface area contributed by atoms with E-state index in [1.54, 1.807) is 7.11 Å². The maximum Gasteiger partial charge on any atom is 0.160 e. The minimum atomic E-state index is 0.693. The van der Waals surface area contributed by atoms with E-state index in [4.69, 9.17) is 16.3 Å². The number of benzene rings is 3. The Morgan fingerprint density at radius 1 is 1.00 bits per heavy atom. The summed E-state index contributed by atoms with van der Waals surface area (Å²) in [6, 6.07) is 21.8. The van der Waals surface area contributed by atoms with Gasteiger partial charge < -0.3 is 10.1 Å². The van der Waals surface area contributed by atoms with Gasteiger partial charge in [-0.2, -0.15) is 5.10 Å². The Bertz CT molecular complexity index is 1010. The molecule has 0 radical (unpaired) electrons. The Hall–Kier alpha value is -2.98. The van der Waals surface area contributed by atoms with Gasteiger partial charge in [0.15, 0.2) is 5.82 Å². The monoisotopic (exact) mass is 349 g/mol. The second kappa shape index (κ2) is 6.49. The zero-order chi connectivity index (χ0) is 17.2. The summed E-state index contributed by atoms with van der Waals surface area (Å²) in [5.74, 6) is 1.57. The molecule has 4 nitrogen and oxygen atoms in total. The third kappa shape index (κ3) is 3.04. The summed E-state index contributed by atoms with van der Waals surface area (Å²) < 4.78 is 5.19. The minimum Gasteiger partial charge on any atom is -0.497 e. The molecule has 0 aliphatic rings. The molecule has 0 saturated heterocycles. The fourth-order valence-corrected chi connectivity index (χ4v) is 3.06. The average Bonchev–Trinajstić information content (AvgIpc) is 3.04. The fourth-order valence-electron chi connectivity index (χ4n) is 2.78. The molecule has 0 saturated carbocycles. The Morgan fingerprint density at radius 2 is 1.76 bits per heavy atom. The molecule has 0 aliphatic carbocycles. The van der Waals surface area contributed by atoms with E-state index in [0.29, 0.717) is 5.02 Å². The molecule has 0 aliphatic heterocycles. The summed E-state index contributed by atoms with van der Waals surface area (Å²) in [6.45, 7) is 0. The Kier molecular flexibility index (Phi) is 4.04. The topological polar surface area (TPSA) is 49.9 Å². The molecule has 2 N–H and O–H groups in total. The van der Waals surface area contributed by atoms with Crippen LogP contribution in [0.4, 0.5) is 11.5 Å². The quantitative estimate of drug-likeness (QED) is 0.501. The van der Waals surface area contributed by atoms with E-state index in [1.165, 1.54) is 0 Å². The highest BCUT2D eigenvalue weighted by atomic mass is 35.5. The molecule has 0 fully saturated rings. The molecule has 1 aromatic heterocycles. The van der Waals surface area contributed by atoms with Gasteiger partial charge in [-0.3, -0.25) is 5.10 Å². The maximum absolute atomic E-state index is 6.46. The van der Waals surface area contributed by atoms with Crippen LogP contribution in [0.25, 0.3) is 22.0 Å². The highest BCUT2D eigenvalue weighted by Gasteiger charge is 2.11.